The van der Waals surface area contributed by atoms with Gasteiger partial charge in [-0.25, -0.2) is 4.79 Å². The van der Waals surface area contributed by atoms with Gasteiger partial charge in [0.2, 0.25) is 11.7 Å². The molecule has 150 valence electrons. The zero-order valence-corrected chi connectivity index (χ0v) is 16.4. The van der Waals surface area contributed by atoms with Crippen molar-refractivity contribution in [1.29, 1.82) is 0 Å². The number of piperidine rings is 1. The fourth-order valence-electron chi connectivity index (χ4n) is 3.45. The number of urea groups is 1. The Morgan fingerprint density at radius 2 is 2.04 bits per heavy atom. The highest BCUT2D eigenvalue weighted by molar-refractivity contribution is 5.77. The quantitative estimate of drug-likeness (QED) is 0.817. The van der Waals surface area contributed by atoms with Gasteiger partial charge in [-0.05, 0) is 31.2 Å². The van der Waals surface area contributed by atoms with Gasteiger partial charge in [0.1, 0.15) is 6.04 Å². The number of amides is 2. The molecule has 2 amide bonds. The number of nitrogens with zero attached hydrogens (tertiary/aromatic N) is 3. The van der Waals surface area contributed by atoms with Crippen LogP contribution in [0.15, 0.2) is 28.8 Å². The molecule has 3 rings (SSSR count). The zero-order chi connectivity index (χ0) is 20.3. The molecule has 28 heavy (non-hydrogen) atoms. The monoisotopic (exact) mass is 386 g/mol. The molecule has 1 fully saturated rings. The summed E-state index contributed by atoms with van der Waals surface area (Å²) < 4.78 is 5.32. The largest absolute Gasteiger partial charge is 0.481 e. The topological polar surface area (TPSA) is 109 Å². The highest BCUT2D eigenvalue weighted by Crippen LogP contribution is 2.23. The van der Waals surface area contributed by atoms with Crippen LogP contribution in [0.2, 0.25) is 0 Å². The first kappa shape index (κ1) is 19.9. The lowest BCUT2D eigenvalue weighted by Gasteiger charge is -2.35. The summed E-state index contributed by atoms with van der Waals surface area (Å²) in [5.41, 5.74) is 2.07. The van der Waals surface area contributed by atoms with Crippen LogP contribution >= 0.6 is 0 Å². The minimum Gasteiger partial charge on any atom is -0.481 e. The molecule has 1 aliphatic heterocycles. The standard InChI is InChI=1S/C20H26N4O4/c1-4-14-5-7-15(8-6-14)17-22-18(28-23-17)13(3)21-20(27)24-10-12(2)9-16(11-24)19(25)26/h5-8,12-13,16H,4,9-11H2,1-3H3,(H,21,27)(H,25,26). The first-order chi connectivity index (χ1) is 13.4. The number of carboxylic acid groups (broad SMARTS) is 1. The van der Waals surface area contributed by atoms with E-state index in [0.29, 0.717) is 24.7 Å². The number of likely N-dealkylation sites (tertiary alicyclic amines) is 1. The number of nitrogens with one attached hydrogen (secondary N) is 1. The predicted octanol–water partition coefficient (Wildman–Crippen LogP) is 3.11. The smallest absolute Gasteiger partial charge is 0.318 e. The Kier molecular flexibility index (Phi) is 5.96. The van der Waals surface area contributed by atoms with E-state index in [0.717, 1.165) is 12.0 Å². The summed E-state index contributed by atoms with van der Waals surface area (Å²) in [6.45, 7) is 6.54. The summed E-state index contributed by atoms with van der Waals surface area (Å²) >= 11 is 0. The molecule has 2 heterocycles. The minimum absolute atomic E-state index is 0.136. The number of hydrogen-bond donors (Lipinski definition) is 2. The number of rotatable bonds is 5. The van der Waals surface area contributed by atoms with Gasteiger partial charge in [0.05, 0.1) is 5.92 Å². The molecule has 1 aliphatic rings. The number of aryl methyl sites for hydroxylation is 1. The Hall–Kier alpha value is -2.90. The lowest BCUT2D eigenvalue weighted by Crippen LogP contribution is -2.49. The van der Waals surface area contributed by atoms with Gasteiger partial charge in [0, 0.05) is 18.7 Å². The van der Waals surface area contributed by atoms with E-state index in [1.54, 1.807) is 11.8 Å². The molecule has 0 spiro atoms. The minimum atomic E-state index is -0.868. The molecule has 8 nitrogen and oxygen atoms in total. The second-order valence-electron chi connectivity index (χ2n) is 7.46. The summed E-state index contributed by atoms with van der Waals surface area (Å²) in [6.07, 6.45) is 1.54. The van der Waals surface area contributed by atoms with E-state index in [4.69, 9.17) is 4.52 Å². The number of benzene rings is 1. The lowest BCUT2D eigenvalue weighted by molar-refractivity contribution is -0.143. The molecule has 8 heteroatoms. The summed E-state index contributed by atoms with van der Waals surface area (Å²) in [5, 5.41) is 16.1. The van der Waals surface area contributed by atoms with E-state index in [1.165, 1.54) is 5.56 Å². The summed E-state index contributed by atoms with van der Waals surface area (Å²) in [5.74, 6) is -0.491. The second kappa shape index (κ2) is 8.41. The van der Waals surface area contributed by atoms with Crippen molar-refractivity contribution < 1.29 is 19.2 Å². The molecule has 0 aliphatic carbocycles. The summed E-state index contributed by atoms with van der Waals surface area (Å²) in [7, 11) is 0. The number of carboxylic acids is 1. The van der Waals surface area contributed by atoms with Crippen molar-refractivity contribution >= 4 is 12.0 Å². The number of carbonyl (C=O) groups is 2. The third-order valence-corrected chi connectivity index (χ3v) is 5.07. The predicted molar refractivity (Wildman–Crippen MR) is 103 cm³/mol. The zero-order valence-electron chi connectivity index (χ0n) is 16.4. The third kappa shape index (κ3) is 4.49. The van der Waals surface area contributed by atoms with Gasteiger partial charge in [0.15, 0.2) is 0 Å². The van der Waals surface area contributed by atoms with Crippen LogP contribution in [-0.4, -0.2) is 45.2 Å². The Morgan fingerprint density at radius 3 is 2.68 bits per heavy atom. The Morgan fingerprint density at radius 1 is 1.32 bits per heavy atom. The van der Waals surface area contributed by atoms with E-state index in [1.807, 2.05) is 31.2 Å². The number of aromatic nitrogens is 2. The molecular weight excluding hydrogens is 360 g/mol. The molecule has 1 saturated heterocycles. The molecule has 1 aromatic heterocycles. The van der Waals surface area contributed by atoms with Crippen LogP contribution in [-0.2, 0) is 11.2 Å². The molecule has 0 radical (unpaired) electrons. The molecule has 0 bridgehead atoms. The fraction of sp³-hybridized carbons (Fsp3) is 0.500. The highest BCUT2D eigenvalue weighted by Gasteiger charge is 2.32. The summed E-state index contributed by atoms with van der Waals surface area (Å²) in [6, 6.07) is 7.12. The molecule has 0 saturated carbocycles. The van der Waals surface area contributed by atoms with Crippen LogP contribution in [0.3, 0.4) is 0 Å². The maximum atomic E-state index is 12.6. The lowest BCUT2D eigenvalue weighted by atomic mass is 9.91. The van der Waals surface area contributed by atoms with E-state index < -0.39 is 17.9 Å². The number of hydrogen-bond acceptors (Lipinski definition) is 5. The highest BCUT2D eigenvalue weighted by atomic mass is 16.5. The van der Waals surface area contributed by atoms with Gasteiger partial charge in [-0.1, -0.05) is 43.3 Å². The van der Waals surface area contributed by atoms with Gasteiger partial charge < -0.3 is 19.8 Å². The Balaban J connectivity index is 1.64. The maximum absolute atomic E-state index is 12.6. The van der Waals surface area contributed by atoms with E-state index >= 15 is 0 Å². The van der Waals surface area contributed by atoms with Crippen LogP contribution < -0.4 is 5.32 Å². The molecule has 2 aromatic rings. The number of carbonyl (C=O) groups excluding carboxylic acids is 1. The fourth-order valence-corrected chi connectivity index (χ4v) is 3.45. The van der Waals surface area contributed by atoms with Crippen molar-refractivity contribution in [2.45, 2.75) is 39.7 Å². The van der Waals surface area contributed by atoms with E-state index in [9.17, 15) is 14.7 Å². The van der Waals surface area contributed by atoms with Crippen molar-refractivity contribution in [1.82, 2.24) is 20.4 Å². The van der Waals surface area contributed by atoms with Gasteiger partial charge in [-0.3, -0.25) is 4.79 Å². The SMILES string of the molecule is CCc1ccc(-c2noc(C(C)NC(=O)N3CC(C)CC(C(=O)O)C3)n2)cc1. The average Bonchev–Trinajstić information content (AvgIpc) is 3.18. The van der Waals surface area contributed by atoms with E-state index in [2.05, 4.69) is 22.4 Å². The number of aliphatic carboxylic acids is 1. The summed E-state index contributed by atoms with van der Waals surface area (Å²) in [4.78, 5) is 29.8. The second-order valence-corrected chi connectivity index (χ2v) is 7.46. The third-order valence-electron chi connectivity index (χ3n) is 5.07. The normalized spacial score (nSPS) is 20.6. The first-order valence-corrected chi connectivity index (χ1v) is 9.58. The van der Waals surface area contributed by atoms with Crippen molar-refractivity contribution in [3.63, 3.8) is 0 Å². The van der Waals surface area contributed by atoms with Crippen molar-refractivity contribution in [3.05, 3.63) is 35.7 Å². The van der Waals surface area contributed by atoms with Crippen LogP contribution in [0.25, 0.3) is 11.4 Å². The molecular formula is C20H26N4O4. The molecule has 1 aromatic carbocycles. The van der Waals surface area contributed by atoms with Gasteiger partial charge in [0.25, 0.3) is 0 Å². The van der Waals surface area contributed by atoms with Crippen LogP contribution in [0.1, 0.15) is 44.7 Å². The van der Waals surface area contributed by atoms with Crippen molar-refractivity contribution in [2.24, 2.45) is 11.8 Å². The molecule has 2 N–H and O–H groups in total. The Labute approximate surface area is 163 Å². The van der Waals surface area contributed by atoms with Gasteiger partial charge >= 0.3 is 12.0 Å². The van der Waals surface area contributed by atoms with Crippen molar-refractivity contribution in [3.8, 4) is 11.4 Å². The van der Waals surface area contributed by atoms with Crippen LogP contribution in [0, 0.1) is 11.8 Å². The average molecular weight is 386 g/mol. The Bertz CT molecular complexity index is 833. The van der Waals surface area contributed by atoms with Crippen LogP contribution in [0.4, 0.5) is 4.79 Å². The van der Waals surface area contributed by atoms with Gasteiger partial charge in [-0.2, -0.15) is 4.98 Å². The van der Waals surface area contributed by atoms with E-state index in [-0.39, 0.29) is 18.5 Å². The first-order valence-electron chi connectivity index (χ1n) is 9.58. The maximum Gasteiger partial charge on any atom is 0.318 e. The molecule has 3 unspecified atom stereocenters. The molecule has 3 atom stereocenters. The van der Waals surface area contributed by atoms with Gasteiger partial charge in [-0.15, -0.1) is 0 Å². The van der Waals surface area contributed by atoms with Crippen molar-refractivity contribution in [2.75, 3.05) is 13.1 Å². The van der Waals surface area contributed by atoms with Crippen LogP contribution in [0.5, 0.6) is 0 Å².